The summed E-state index contributed by atoms with van der Waals surface area (Å²) in [5, 5.41) is 4.37. The van der Waals surface area contributed by atoms with Crippen LogP contribution in [0.1, 0.15) is 25.0 Å². The van der Waals surface area contributed by atoms with Gasteiger partial charge in [0.2, 0.25) is 5.95 Å². The summed E-state index contributed by atoms with van der Waals surface area (Å²) < 4.78 is 8.62. The van der Waals surface area contributed by atoms with Crippen LogP contribution in [0.4, 0.5) is 0 Å². The lowest BCUT2D eigenvalue weighted by atomic mass is 9.82. The van der Waals surface area contributed by atoms with E-state index in [9.17, 15) is 0 Å². The van der Waals surface area contributed by atoms with Gasteiger partial charge in [0, 0.05) is 43.7 Å². The van der Waals surface area contributed by atoms with Crippen molar-refractivity contribution in [2.45, 2.75) is 19.3 Å². The highest BCUT2D eigenvalue weighted by molar-refractivity contribution is 6.15. The zero-order valence-electron chi connectivity index (χ0n) is 35.8. The Kier molecular flexibility index (Phi) is 8.18. The van der Waals surface area contributed by atoms with Crippen LogP contribution in [0.5, 0.6) is 0 Å². The number of nitrogens with zero attached hydrogens (tertiary/aromatic N) is 4. The smallest absolute Gasteiger partial charge is 0.238 e. The van der Waals surface area contributed by atoms with Crippen LogP contribution in [-0.2, 0) is 5.41 Å². The monoisotopic (exact) mass is 832 g/mol. The van der Waals surface area contributed by atoms with Gasteiger partial charge in [-0.2, -0.15) is 9.97 Å². The predicted octanol–water partition coefficient (Wildman–Crippen LogP) is 15.5. The molecule has 1 aliphatic carbocycles. The zero-order chi connectivity index (χ0) is 43.2. The average molecular weight is 833 g/mol. The molecule has 0 atom stereocenters. The third-order valence-electron chi connectivity index (χ3n) is 13.5. The van der Waals surface area contributed by atoms with E-state index in [1.54, 1.807) is 0 Å². The van der Waals surface area contributed by atoms with E-state index in [2.05, 4.69) is 188 Å². The Labute approximate surface area is 376 Å². The second kappa shape index (κ2) is 14.3. The average Bonchev–Trinajstić information content (AvgIpc) is 3.99. The van der Waals surface area contributed by atoms with Crippen molar-refractivity contribution >= 4 is 43.7 Å². The fourth-order valence-electron chi connectivity index (χ4n) is 10.3. The minimum absolute atomic E-state index is 0.101. The molecule has 12 aromatic rings. The number of hydrogen-bond donors (Lipinski definition) is 0. The standard InChI is InChI=1S/C60H40N4O/c1-60(2)50-27-12-9-25-47(50)55-43(26-16-28-51(55)60)39-21-15-22-40(33-39)48-34-42(37-17-5-3-6-18-37)35-49-44-23-10-13-29-52(44)64(56(48)49)59-62-57(38-19-7-4-8-20-38)61-58(63-59)41-31-32-46-45-24-11-14-30-53(45)65-54(46)36-41/h3-36H,1-2H3. The van der Waals surface area contributed by atoms with E-state index in [0.717, 1.165) is 77.1 Å². The molecule has 0 N–H and O–H groups in total. The molecule has 0 fully saturated rings. The lowest BCUT2D eigenvalue weighted by molar-refractivity contribution is 0.660. The maximum absolute atomic E-state index is 6.38. The molecule has 0 amide bonds. The van der Waals surface area contributed by atoms with Crippen molar-refractivity contribution in [3.05, 3.63) is 217 Å². The summed E-state index contributed by atoms with van der Waals surface area (Å²) in [7, 11) is 0. The second-order valence-corrected chi connectivity index (χ2v) is 17.6. The third-order valence-corrected chi connectivity index (χ3v) is 13.5. The van der Waals surface area contributed by atoms with Crippen molar-refractivity contribution in [3.8, 4) is 73.2 Å². The summed E-state index contributed by atoms with van der Waals surface area (Å²) in [5.41, 5.74) is 17.5. The van der Waals surface area contributed by atoms with Crippen molar-refractivity contribution in [1.29, 1.82) is 0 Å². The van der Waals surface area contributed by atoms with Crippen molar-refractivity contribution in [3.63, 3.8) is 0 Å². The summed E-state index contributed by atoms with van der Waals surface area (Å²) in [4.78, 5) is 15.9. The molecule has 9 aromatic carbocycles. The van der Waals surface area contributed by atoms with E-state index >= 15 is 0 Å². The highest BCUT2D eigenvalue weighted by atomic mass is 16.3. The van der Waals surface area contributed by atoms with Gasteiger partial charge in [-0.3, -0.25) is 4.57 Å². The Balaban J connectivity index is 1.08. The number of hydrogen-bond acceptors (Lipinski definition) is 4. The van der Waals surface area contributed by atoms with Crippen molar-refractivity contribution < 1.29 is 4.42 Å². The van der Waals surface area contributed by atoms with E-state index in [0.29, 0.717) is 17.6 Å². The Morgan fingerprint density at radius 2 is 1.00 bits per heavy atom. The molecule has 3 heterocycles. The molecule has 3 aromatic heterocycles. The van der Waals surface area contributed by atoms with Crippen LogP contribution in [0.3, 0.4) is 0 Å². The van der Waals surface area contributed by atoms with Gasteiger partial charge < -0.3 is 4.42 Å². The van der Waals surface area contributed by atoms with Gasteiger partial charge in [0.15, 0.2) is 11.6 Å². The highest BCUT2D eigenvalue weighted by Gasteiger charge is 2.36. The first-order valence-corrected chi connectivity index (χ1v) is 22.2. The molecule has 0 spiro atoms. The highest BCUT2D eigenvalue weighted by Crippen LogP contribution is 2.52. The number of benzene rings is 9. The molecule has 0 aliphatic heterocycles. The number of aromatic nitrogens is 4. The lowest BCUT2D eigenvalue weighted by Crippen LogP contribution is -2.14. The summed E-state index contributed by atoms with van der Waals surface area (Å²) in [6.07, 6.45) is 0. The summed E-state index contributed by atoms with van der Waals surface area (Å²) in [6, 6.07) is 73.3. The van der Waals surface area contributed by atoms with E-state index in [1.807, 2.05) is 36.4 Å². The van der Waals surface area contributed by atoms with E-state index in [1.165, 1.54) is 33.4 Å². The molecule has 306 valence electrons. The maximum Gasteiger partial charge on any atom is 0.238 e. The molecule has 0 saturated heterocycles. The Hall–Kier alpha value is -8.41. The molecule has 0 unspecified atom stereocenters. The van der Waals surface area contributed by atoms with Gasteiger partial charge in [-0.25, -0.2) is 4.98 Å². The van der Waals surface area contributed by atoms with Crippen molar-refractivity contribution in [2.75, 3.05) is 0 Å². The normalized spacial score (nSPS) is 12.9. The minimum atomic E-state index is -0.101. The summed E-state index contributed by atoms with van der Waals surface area (Å²) in [6.45, 7) is 4.69. The van der Waals surface area contributed by atoms with Crippen LogP contribution >= 0.6 is 0 Å². The van der Waals surface area contributed by atoms with Crippen LogP contribution < -0.4 is 0 Å². The van der Waals surface area contributed by atoms with Crippen molar-refractivity contribution in [1.82, 2.24) is 19.5 Å². The van der Waals surface area contributed by atoms with Crippen LogP contribution in [0.15, 0.2) is 211 Å². The van der Waals surface area contributed by atoms with Crippen LogP contribution in [-0.4, -0.2) is 19.5 Å². The zero-order valence-corrected chi connectivity index (χ0v) is 35.8. The minimum Gasteiger partial charge on any atom is -0.456 e. The number of furan rings is 1. The molecule has 0 radical (unpaired) electrons. The lowest BCUT2D eigenvalue weighted by Gasteiger charge is -2.21. The molecule has 0 saturated carbocycles. The third kappa shape index (κ3) is 5.82. The first kappa shape index (κ1) is 37.2. The van der Waals surface area contributed by atoms with Crippen molar-refractivity contribution in [2.24, 2.45) is 0 Å². The Morgan fingerprint density at radius 3 is 1.83 bits per heavy atom. The van der Waals surface area contributed by atoms with Crippen LogP contribution in [0, 0.1) is 0 Å². The fraction of sp³-hybridized carbons (Fsp3) is 0.0500. The number of fused-ring (bicyclic) bond motifs is 9. The molecule has 1 aliphatic rings. The van der Waals surface area contributed by atoms with E-state index < -0.39 is 0 Å². The first-order valence-electron chi connectivity index (χ1n) is 22.2. The Bertz CT molecular complexity index is 3860. The van der Waals surface area contributed by atoms with E-state index in [4.69, 9.17) is 19.4 Å². The summed E-state index contributed by atoms with van der Waals surface area (Å²) >= 11 is 0. The maximum atomic E-state index is 6.38. The summed E-state index contributed by atoms with van der Waals surface area (Å²) in [5.74, 6) is 1.69. The molecule has 5 nitrogen and oxygen atoms in total. The SMILES string of the molecule is CC1(C)c2ccccc2-c2c(-c3cccc(-c4cc(-c5ccccc5)cc5c6ccccc6n(-c6nc(-c7ccccc7)nc(-c7ccc8c(c7)oc7ccccc78)n6)c45)c3)cccc21. The van der Waals surface area contributed by atoms with Gasteiger partial charge in [-0.1, -0.05) is 178 Å². The molecule has 65 heavy (non-hydrogen) atoms. The second-order valence-electron chi connectivity index (χ2n) is 17.6. The first-order chi connectivity index (χ1) is 32.0. The van der Waals surface area contributed by atoms with Crippen LogP contribution in [0.2, 0.25) is 0 Å². The van der Waals surface area contributed by atoms with Gasteiger partial charge in [0.1, 0.15) is 11.2 Å². The fourth-order valence-corrected chi connectivity index (χ4v) is 10.3. The largest absolute Gasteiger partial charge is 0.456 e. The quantitative estimate of drug-likeness (QED) is 0.167. The molecular formula is C60H40N4O. The number of rotatable bonds is 6. The molecule has 13 rings (SSSR count). The molecular weight excluding hydrogens is 793 g/mol. The molecule has 0 bridgehead atoms. The number of para-hydroxylation sites is 2. The molecule has 5 heteroatoms. The Morgan fingerprint density at radius 1 is 0.385 bits per heavy atom. The van der Waals surface area contributed by atoms with Gasteiger partial charge in [0.25, 0.3) is 0 Å². The van der Waals surface area contributed by atoms with Gasteiger partial charge in [0.05, 0.1) is 11.0 Å². The van der Waals surface area contributed by atoms with Crippen LogP contribution in [0.25, 0.3) is 117 Å². The van der Waals surface area contributed by atoms with Gasteiger partial charge >= 0.3 is 0 Å². The topological polar surface area (TPSA) is 56.7 Å². The van der Waals surface area contributed by atoms with E-state index in [-0.39, 0.29) is 5.41 Å². The van der Waals surface area contributed by atoms with Gasteiger partial charge in [-0.15, -0.1) is 0 Å². The van der Waals surface area contributed by atoms with Gasteiger partial charge in [-0.05, 0) is 92.5 Å². The predicted molar refractivity (Wildman–Crippen MR) is 266 cm³/mol.